The number of aromatic nitrogens is 1. The minimum Gasteiger partial charge on any atom is -0.476 e. The monoisotopic (exact) mass is 418 g/mol. The summed E-state index contributed by atoms with van der Waals surface area (Å²) in [5, 5.41) is 13.4. The predicted octanol–water partition coefficient (Wildman–Crippen LogP) is 3.30. The lowest BCUT2D eigenvalue weighted by molar-refractivity contribution is 0.0691. The van der Waals surface area contributed by atoms with Crippen LogP contribution < -0.4 is 5.32 Å². The Balaban J connectivity index is 2.02. The molecule has 1 heterocycles. The molecule has 0 unspecified atom stereocenters. The highest BCUT2D eigenvalue weighted by Crippen LogP contribution is 2.20. The molecule has 0 aliphatic carbocycles. The van der Waals surface area contributed by atoms with E-state index >= 15 is 0 Å². The molecule has 1 aromatic carbocycles. The summed E-state index contributed by atoms with van der Waals surface area (Å²) in [4.78, 5) is 26.6. The molecule has 2 N–H and O–H groups in total. The zero-order valence-electron chi connectivity index (χ0n) is 9.89. The fraction of sp³-hybridized carbons (Fsp3) is 0.0833. The Morgan fingerprint density at radius 3 is 2.45 bits per heavy atom. The Morgan fingerprint density at radius 2 is 1.90 bits per heavy atom. The smallest absolute Gasteiger partial charge is 0.355 e. The number of carboxylic acid groups (broad SMARTS) is 1. The van der Waals surface area contributed by atoms with Crippen LogP contribution in [-0.2, 0) is 6.54 Å². The largest absolute Gasteiger partial charge is 0.476 e. The summed E-state index contributed by atoms with van der Waals surface area (Å²) in [6.45, 7) is 0.195. The predicted molar refractivity (Wildman–Crippen MR) is 82.1 cm³/mol. The molecule has 104 valence electrons. The maximum absolute atomic E-state index is 12.0. The first-order valence-corrected chi connectivity index (χ1v) is 7.84. The van der Waals surface area contributed by atoms with Crippen LogP contribution in [0, 0.1) is 0 Å². The van der Waals surface area contributed by atoms with Crippen molar-refractivity contribution >= 4 is 55.1 Å². The topological polar surface area (TPSA) is 79.3 Å². The van der Waals surface area contributed by atoms with Crippen LogP contribution in [0.3, 0.4) is 0 Å². The van der Waals surface area contributed by atoms with E-state index < -0.39 is 5.97 Å². The number of carbonyl (C=O) groups is 2. The lowest BCUT2D eigenvalue weighted by Crippen LogP contribution is -2.22. The molecule has 1 aromatic heterocycles. The van der Waals surface area contributed by atoms with Gasteiger partial charge in [0.05, 0.1) is 6.54 Å². The molecule has 2 rings (SSSR count). The van der Waals surface area contributed by atoms with Gasteiger partial charge < -0.3 is 10.4 Å². The summed E-state index contributed by atoms with van der Waals surface area (Å²) < 4.78 is 1.58. The van der Waals surface area contributed by atoms with Gasteiger partial charge in [-0.15, -0.1) is 11.3 Å². The Labute approximate surface area is 135 Å². The third kappa shape index (κ3) is 3.87. The first-order valence-electron chi connectivity index (χ1n) is 5.37. The number of halogens is 2. The van der Waals surface area contributed by atoms with Crippen molar-refractivity contribution in [2.75, 3.05) is 0 Å². The number of rotatable bonds is 4. The minimum absolute atomic E-state index is 0.00977. The van der Waals surface area contributed by atoms with E-state index in [9.17, 15) is 9.59 Å². The van der Waals surface area contributed by atoms with Crippen molar-refractivity contribution in [1.29, 1.82) is 0 Å². The molecule has 20 heavy (non-hydrogen) atoms. The van der Waals surface area contributed by atoms with Gasteiger partial charge in [0.1, 0.15) is 5.01 Å². The first-order chi connectivity index (χ1) is 9.45. The van der Waals surface area contributed by atoms with Crippen LogP contribution in [0.1, 0.15) is 25.9 Å². The van der Waals surface area contributed by atoms with Crippen LogP contribution in [0.2, 0.25) is 0 Å². The van der Waals surface area contributed by atoms with E-state index in [2.05, 4.69) is 42.2 Å². The van der Waals surface area contributed by atoms with Crippen molar-refractivity contribution in [3.63, 3.8) is 0 Å². The number of carboxylic acids is 1. The number of nitrogens with zero attached hydrogens (tertiary/aromatic N) is 1. The fourth-order valence-electron chi connectivity index (χ4n) is 1.43. The van der Waals surface area contributed by atoms with E-state index in [0.29, 0.717) is 10.6 Å². The van der Waals surface area contributed by atoms with Crippen molar-refractivity contribution < 1.29 is 14.7 Å². The van der Waals surface area contributed by atoms with Gasteiger partial charge in [-0.25, -0.2) is 9.78 Å². The Kier molecular flexibility index (Phi) is 4.90. The molecule has 0 aliphatic rings. The number of aromatic carboxylic acids is 1. The van der Waals surface area contributed by atoms with Gasteiger partial charge in [0.15, 0.2) is 5.69 Å². The van der Waals surface area contributed by atoms with E-state index in [-0.39, 0.29) is 18.1 Å². The molecule has 0 bridgehead atoms. The zero-order chi connectivity index (χ0) is 14.7. The van der Waals surface area contributed by atoms with Crippen LogP contribution in [0.5, 0.6) is 0 Å². The second-order valence-corrected chi connectivity index (χ2v) is 6.55. The number of hydrogen-bond donors (Lipinski definition) is 2. The van der Waals surface area contributed by atoms with Crippen molar-refractivity contribution in [2.45, 2.75) is 6.54 Å². The number of hydrogen-bond acceptors (Lipinski definition) is 4. The van der Waals surface area contributed by atoms with Gasteiger partial charge in [-0.2, -0.15) is 0 Å². The standard InChI is InChI=1S/C12H8Br2N2O3S/c13-7-1-6(2-8(14)3-7)11(17)15-4-10-16-9(5-20-10)12(18)19/h1-3,5H,4H2,(H,15,17)(H,18,19). The van der Waals surface area contributed by atoms with E-state index in [4.69, 9.17) is 5.11 Å². The van der Waals surface area contributed by atoms with Crippen LogP contribution in [0.4, 0.5) is 0 Å². The van der Waals surface area contributed by atoms with Gasteiger partial charge in [0.25, 0.3) is 5.91 Å². The highest BCUT2D eigenvalue weighted by Gasteiger charge is 2.11. The normalized spacial score (nSPS) is 10.3. The second kappa shape index (κ2) is 6.47. The summed E-state index contributed by atoms with van der Waals surface area (Å²) >= 11 is 7.82. The Morgan fingerprint density at radius 1 is 1.25 bits per heavy atom. The molecule has 0 radical (unpaired) electrons. The summed E-state index contributed by atoms with van der Waals surface area (Å²) in [6.07, 6.45) is 0. The van der Waals surface area contributed by atoms with Crippen molar-refractivity contribution in [1.82, 2.24) is 10.3 Å². The SMILES string of the molecule is O=C(NCc1nc(C(=O)O)cs1)c1cc(Br)cc(Br)c1. The molecular formula is C12H8Br2N2O3S. The molecular weight excluding hydrogens is 412 g/mol. The zero-order valence-corrected chi connectivity index (χ0v) is 13.9. The molecule has 0 atom stereocenters. The van der Waals surface area contributed by atoms with Gasteiger partial charge >= 0.3 is 5.97 Å². The quantitative estimate of drug-likeness (QED) is 0.796. The molecule has 0 saturated heterocycles. The summed E-state index contributed by atoms with van der Waals surface area (Å²) in [7, 11) is 0. The molecule has 5 nitrogen and oxygen atoms in total. The van der Waals surface area contributed by atoms with Gasteiger partial charge in [-0.3, -0.25) is 4.79 Å². The van der Waals surface area contributed by atoms with Gasteiger partial charge in [0.2, 0.25) is 0 Å². The van der Waals surface area contributed by atoms with Gasteiger partial charge in [0, 0.05) is 19.9 Å². The average Bonchev–Trinajstić information content (AvgIpc) is 2.83. The molecule has 1 amide bonds. The number of amides is 1. The first kappa shape index (κ1) is 15.1. The summed E-state index contributed by atoms with van der Waals surface area (Å²) in [5.41, 5.74) is 0.491. The van der Waals surface area contributed by atoms with Gasteiger partial charge in [-0.05, 0) is 18.2 Å². The minimum atomic E-state index is -1.07. The van der Waals surface area contributed by atoms with Gasteiger partial charge in [-0.1, -0.05) is 31.9 Å². The van der Waals surface area contributed by atoms with Crippen LogP contribution in [-0.4, -0.2) is 22.0 Å². The number of carbonyl (C=O) groups excluding carboxylic acids is 1. The third-order valence-electron chi connectivity index (χ3n) is 2.30. The highest BCUT2D eigenvalue weighted by atomic mass is 79.9. The fourth-order valence-corrected chi connectivity index (χ4v) is 3.43. The molecule has 0 fully saturated rings. The summed E-state index contributed by atoms with van der Waals surface area (Å²) in [5.74, 6) is -1.33. The van der Waals surface area contributed by atoms with Crippen LogP contribution in [0.15, 0.2) is 32.5 Å². The van der Waals surface area contributed by atoms with Crippen molar-refractivity contribution in [3.8, 4) is 0 Å². The molecule has 0 saturated carbocycles. The number of thiazole rings is 1. The van der Waals surface area contributed by atoms with E-state index in [1.165, 1.54) is 16.7 Å². The number of nitrogens with one attached hydrogen (secondary N) is 1. The number of benzene rings is 1. The third-order valence-corrected chi connectivity index (χ3v) is 4.06. The van der Waals surface area contributed by atoms with Crippen molar-refractivity contribution in [2.24, 2.45) is 0 Å². The maximum Gasteiger partial charge on any atom is 0.355 e. The molecule has 0 aliphatic heterocycles. The maximum atomic E-state index is 12.0. The highest BCUT2D eigenvalue weighted by molar-refractivity contribution is 9.11. The Hall–Kier alpha value is -1.25. The van der Waals surface area contributed by atoms with E-state index in [0.717, 1.165) is 8.95 Å². The Bertz CT molecular complexity index is 652. The summed E-state index contributed by atoms with van der Waals surface area (Å²) in [6, 6.07) is 5.23. The molecule has 0 spiro atoms. The van der Waals surface area contributed by atoms with Crippen LogP contribution in [0.25, 0.3) is 0 Å². The molecule has 2 aromatic rings. The lowest BCUT2D eigenvalue weighted by Gasteiger charge is -2.04. The van der Waals surface area contributed by atoms with Crippen molar-refractivity contribution in [3.05, 3.63) is 48.8 Å². The van der Waals surface area contributed by atoms with E-state index in [1.54, 1.807) is 12.1 Å². The lowest BCUT2D eigenvalue weighted by atomic mass is 10.2. The van der Waals surface area contributed by atoms with E-state index in [1.807, 2.05) is 6.07 Å². The van der Waals surface area contributed by atoms with Crippen LogP contribution >= 0.6 is 43.2 Å². The average molecular weight is 420 g/mol. The second-order valence-electron chi connectivity index (χ2n) is 3.77. The molecule has 8 heteroatoms.